The summed E-state index contributed by atoms with van der Waals surface area (Å²) in [7, 11) is 0. The van der Waals surface area contributed by atoms with Crippen LogP contribution in [0.15, 0.2) is 0 Å². The molecule has 0 aliphatic carbocycles. The normalized spacial score (nSPS) is 19.0. The Balaban J connectivity index is 4.85. The van der Waals surface area contributed by atoms with E-state index in [2.05, 4.69) is 0 Å². The van der Waals surface area contributed by atoms with E-state index < -0.39 is 24.6 Å². The van der Waals surface area contributed by atoms with Crippen LogP contribution in [0, 0.1) is 0 Å². The summed E-state index contributed by atoms with van der Waals surface area (Å²) in [4.78, 5) is 0. The van der Waals surface area contributed by atoms with Gasteiger partial charge in [0.25, 0.3) is 0 Å². The molecule has 8 heteroatoms. The highest BCUT2D eigenvalue weighted by Gasteiger charge is 2.71. The number of hydrogen-bond acceptors (Lipinski definition) is 1. The quantitative estimate of drug-likeness (QED) is 0.674. The third-order valence-electron chi connectivity index (χ3n) is 1.03. The largest absolute Gasteiger partial charge is 0.454 e. The molecule has 0 aromatic carbocycles. The summed E-state index contributed by atoms with van der Waals surface area (Å²) in [6.07, 6.45) is -6.22. The van der Waals surface area contributed by atoms with Gasteiger partial charge in [0, 0.05) is 0 Å². The molecule has 0 amide bonds. The minimum absolute atomic E-state index is 2.93. The number of hydrogen-bond donors (Lipinski definition) is 1. The van der Waals surface area contributed by atoms with Gasteiger partial charge in [-0.15, -0.1) is 0 Å². The molecule has 0 rings (SSSR count). The summed E-state index contributed by atoms with van der Waals surface area (Å²) in [5.74, 6) is -11.3. The molecule has 0 bridgehead atoms. The van der Waals surface area contributed by atoms with Crippen molar-refractivity contribution in [3.05, 3.63) is 0 Å². The zero-order valence-corrected chi connectivity index (χ0v) is 5.30. The fraction of sp³-hybridized carbons (Fsp3) is 1.00. The topological polar surface area (TPSA) is 20.2 Å². The second-order valence-electron chi connectivity index (χ2n) is 1.96. The number of alkyl halides is 7. The molecule has 1 atom stereocenters. The van der Waals surface area contributed by atoms with E-state index >= 15 is 0 Å². The zero-order valence-electron chi connectivity index (χ0n) is 5.30. The van der Waals surface area contributed by atoms with E-state index in [1.165, 1.54) is 0 Å². The fourth-order valence-electron chi connectivity index (χ4n) is 0.296. The third kappa shape index (κ3) is 1.62. The summed E-state index contributed by atoms with van der Waals surface area (Å²) in [6, 6.07) is 0. The molecule has 74 valence electrons. The van der Waals surface area contributed by atoms with E-state index in [0.29, 0.717) is 0 Å². The first-order valence-corrected chi connectivity index (χ1v) is 2.48. The Morgan fingerprint density at radius 1 is 0.917 bits per heavy atom. The summed E-state index contributed by atoms with van der Waals surface area (Å²) in [5, 5.41) is 7.60. The van der Waals surface area contributed by atoms with Crippen molar-refractivity contribution < 1.29 is 35.8 Å². The minimum Gasteiger partial charge on any atom is -0.350 e. The lowest BCUT2D eigenvalue weighted by Crippen LogP contribution is -2.56. The Kier molecular flexibility index (Phi) is 2.63. The predicted molar refractivity (Wildman–Crippen MR) is 23.0 cm³/mol. The van der Waals surface area contributed by atoms with Gasteiger partial charge in [-0.3, -0.25) is 0 Å². The van der Waals surface area contributed by atoms with Gasteiger partial charge in [0.15, 0.2) is 6.67 Å². The van der Waals surface area contributed by atoms with Crippen LogP contribution in [0.1, 0.15) is 0 Å². The van der Waals surface area contributed by atoms with Crippen LogP contribution in [0.5, 0.6) is 0 Å². The first-order valence-electron chi connectivity index (χ1n) is 2.48. The second kappa shape index (κ2) is 2.75. The van der Waals surface area contributed by atoms with Crippen LogP contribution in [0.4, 0.5) is 30.7 Å². The lowest BCUT2D eigenvalue weighted by Gasteiger charge is -2.27. The number of aliphatic hydroxyl groups is 1. The van der Waals surface area contributed by atoms with E-state index in [0.717, 1.165) is 0 Å². The van der Waals surface area contributed by atoms with Crippen molar-refractivity contribution in [1.82, 2.24) is 0 Å². The average molecular weight is 200 g/mol. The number of rotatable bonds is 2. The van der Waals surface area contributed by atoms with E-state index in [1.54, 1.807) is 0 Å². The van der Waals surface area contributed by atoms with Crippen molar-refractivity contribution in [2.24, 2.45) is 0 Å². The van der Waals surface area contributed by atoms with E-state index in [9.17, 15) is 30.7 Å². The molecule has 1 unspecified atom stereocenters. The van der Waals surface area contributed by atoms with Crippen molar-refractivity contribution in [3.8, 4) is 0 Å². The molecule has 0 aliphatic rings. The summed E-state index contributed by atoms with van der Waals surface area (Å²) in [6.45, 7) is -2.93. The van der Waals surface area contributed by atoms with Crippen LogP contribution in [0.25, 0.3) is 0 Å². The fourth-order valence-corrected chi connectivity index (χ4v) is 0.296. The maximum absolute atomic E-state index is 11.8. The van der Waals surface area contributed by atoms with E-state index in [-0.39, 0.29) is 0 Å². The molecule has 12 heavy (non-hydrogen) atoms. The molecule has 0 saturated carbocycles. The third-order valence-corrected chi connectivity index (χ3v) is 1.03. The summed E-state index contributed by atoms with van der Waals surface area (Å²) in [5.41, 5.74) is 0. The smallest absolute Gasteiger partial charge is 0.350 e. The van der Waals surface area contributed by atoms with E-state index in [1.807, 2.05) is 0 Å². The minimum atomic E-state index is -6.22. The molecule has 0 aromatic heterocycles. The predicted octanol–water partition coefficient (Wildman–Crippen LogP) is 1.81. The lowest BCUT2D eigenvalue weighted by molar-refractivity contribution is -0.386. The Bertz CT molecular complexity index is 159. The lowest BCUT2D eigenvalue weighted by atomic mass is 10.1. The number of halogens is 7. The SMILES string of the molecule is OC(F)(C(F)(F)F)C(F)(F)CF. The van der Waals surface area contributed by atoms with Gasteiger partial charge in [-0.2, -0.15) is 26.3 Å². The maximum Gasteiger partial charge on any atom is 0.454 e. The van der Waals surface area contributed by atoms with Gasteiger partial charge < -0.3 is 5.11 Å². The van der Waals surface area contributed by atoms with Gasteiger partial charge in [0.2, 0.25) is 0 Å². The van der Waals surface area contributed by atoms with Gasteiger partial charge in [0.1, 0.15) is 0 Å². The molecule has 0 radical (unpaired) electrons. The maximum atomic E-state index is 11.8. The van der Waals surface area contributed by atoms with Gasteiger partial charge in [-0.25, -0.2) is 4.39 Å². The van der Waals surface area contributed by atoms with Crippen LogP contribution in [-0.4, -0.2) is 29.7 Å². The first kappa shape index (κ1) is 11.5. The molecule has 0 heterocycles. The van der Waals surface area contributed by atoms with Crippen molar-refractivity contribution in [3.63, 3.8) is 0 Å². The molecular formula is C4H3F7O. The Hall–Kier alpha value is -0.530. The van der Waals surface area contributed by atoms with Crippen LogP contribution >= 0.6 is 0 Å². The Morgan fingerprint density at radius 3 is 1.33 bits per heavy atom. The van der Waals surface area contributed by atoms with Gasteiger partial charge in [-0.05, 0) is 0 Å². The second-order valence-corrected chi connectivity index (χ2v) is 1.96. The molecule has 1 nitrogen and oxygen atoms in total. The van der Waals surface area contributed by atoms with Crippen molar-refractivity contribution >= 4 is 0 Å². The van der Waals surface area contributed by atoms with Crippen molar-refractivity contribution in [1.29, 1.82) is 0 Å². The average Bonchev–Trinajstić information content (AvgIpc) is 1.85. The zero-order chi connectivity index (χ0) is 10.2. The Labute approximate surface area is 61.8 Å². The molecule has 1 N–H and O–H groups in total. The highest BCUT2D eigenvalue weighted by atomic mass is 19.4. The molecule has 0 saturated heterocycles. The summed E-state index contributed by atoms with van der Waals surface area (Å²) < 4.78 is 80.1. The molecular weight excluding hydrogens is 197 g/mol. The first-order chi connectivity index (χ1) is 5.06. The van der Waals surface area contributed by atoms with Crippen molar-refractivity contribution in [2.45, 2.75) is 18.0 Å². The Morgan fingerprint density at radius 2 is 1.25 bits per heavy atom. The summed E-state index contributed by atoms with van der Waals surface area (Å²) >= 11 is 0. The molecule has 0 aromatic rings. The van der Waals surface area contributed by atoms with Crippen LogP contribution in [-0.2, 0) is 0 Å². The van der Waals surface area contributed by atoms with Gasteiger partial charge in [0.05, 0.1) is 0 Å². The van der Waals surface area contributed by atoms with Gasteiger partial charge >= 0.3 is 18.0 Å². The van der Waals surface area contributed by atoms with Crippen LogP contribution in [0.3, 0.4) is 0 Å². The van der Waals surface area contributed by atoms with Crippen LogP contribution in [0.2, 0.25) is 0 Å². The van der Waals surface area contributed by atoms with Crippen molar-refractivity contribution in [2.75, 3.05) is 6.67 Å². The highest BCUT2D eigenvalue weighted by molar-refractivity contribution is 4.89. The van der Waals surface area contributed by atoms with Gasteiger partial charge in [-0.1, -0.05) is 0 Å². The standard InChI is InChI=1S/C4H3F7O/c5-1-2(6,7)3(8,12)4(9,10)11/h12H,1H2. The molecule has 0 fully saturated rings. The molecule has 0 spiro atoms. The van der Waals surface area contributed by atoms with E-state index in [4.69, 9.17) is 5.11 Å². The monoisotopic (exact) mass is 200 g/mol. The molecule has 0 aliphatic heterocycles. The highest BCUT2D eigenvalue weighted by Crippen LogP contribution is 2.43. The van der Waals surface area contributed by atoms with Crippen LogP contribution < -0.4 is 0 Å².